The molecule has 3 rings (SSSR count). The van der Waals surface area contributed by atoms with E-state index in [4.69, 9.17) is 0 Å². The number of rotatable bonds is 3. The van der Waals surface area contributed by atoms with Crippen molar-refractivity contribution in [1.29, 1.82) is 0 Å². The Morgan fingerprint density at radius 2 is 1.39 bits per heavy atom. The standard InChI is InChI=1S/C20H17NO2/c1-21(2)15-12-10-14(11-13-15)6-5-9-18-19(22)16-7-3-4-8-17(16)20(18)23/h3-13H,1-2H3/b6-5+. The van der Waals surface area contributed by atoms with Gasteiger partial charge in [0.15, 0.2) is 11.6 Å². The van der Waals surface area contributed by atoms with Crippen LogP contribution in [-0.4, -0.2) is 25.7 Å². The zero-order chi connectivity index (χ0) is 16.4. The zero-order valence-corrected chi connectivity index (χ0v) is 13.1. The first-order valence-corrected chi connectivity index (χ1v) is 7.42. The molecule has 0 bridgehead atoms. The maximum Gasteiger partial charge on any atom is 0.197 e. The van der Waals surface area contributed by atoms with Crippen molar-refractivity contribution in [3.8, 4) is 0 Å². The second-order valence-electron chi connectivity index (χ2n) is 5.63. The maximum atomic E-state index is 12.2. The van der Waals surface area contributed by atoms with Gasteiger partial charge in [0.2, 0.25) is 0 Å². The molecule has 0 aliphatic heterocycles. The molecule has 0 aromatic heterocycles. The molecule has 0 spiro atoms. The molecule has 0 amide bonds. The molecule has 114 valence electrons. The van der Waals surface area contributed by atoms with Crippen molar-refractivity contribution < 1.29 is 9.59 Å². The highest BCUT2D eigenvalue weighted by Gasteiger charge is 2.31. The van der Waals surface area contributed by atoms with Gasteiger partial charge in [-0.3, -0.25) is 9.59 Å². The van der Waals surface area contributed by atoms with Crippen molar-refractivity contribution >= 4 is 23.3 Å². The fourth-order valence-electron chi connectivity index (χ4n) is 2.56. The summed E-state index contributed by atoms with van der Waals surface area (Å²) in [5.41, 5.74) is 3.35. The molecule has 2 aromatic carbocycles. The molecule has 23 heavy (non-hydrogen) atoms. The fraction of sp³-hybridized carbons (Fsp3) is 0.100. The summed E-state index contributed by atoms with van der Waals surface area (Å²) in [6.45, 7) is 0. The topological polar surface area (TPSA) is 37.4 Å². The summed E-state index contributed by atoms with van der Waals surface area (Å²) in [4.78, 5) is 26.5. The Morgan fingerprint density at radius 1 is 0.826 bits per heavy atom. The van der Waals surface area contributed by atoms with Crippen LogP contribution < -0.4 is 4.90 Å². The van der Waals surface area contributed by atoms with Crippen LogP contribution in [0.1, 0.15) is 26.3 Å². The van der Waals surface area contributed by atoms with E-state index in [0.717, 1.165) is 11.3 Å². The number of hydrogen-bond donors (Lipinski definition) is 0. The summed E-state index contributed by atoms with van der Waals surface area (Å²) < 4.78 is 0. The average molecular weight is 303 g/mol. The molecule has 1 aliphatic carbocycles. The van der Waals surface area contributed by atoms with Gasteiger partial charge in [0.05, 0.1) is 5.57 Å². The average Bonchev–Trinajstić information content (AvgIpc) is 2.81. The van der Waals surface area contributed by atoms with Gasteiger partial charge >= 0.3 is 0 Å². The van der Waals surface area contributed by atoms with Crippen LogP contribution in [0.25, 0.3) is 6.08 Å². The van der Waals surface area contributed by atoms with E-state index in [0.29, 0.717) is 11.1 Å². The zero-order valence-electron chi connectivity index (χ0n) is 13.1. The SMILES string of the molecule is CN(C)c1ccc(/C=C/C=C2C(=O)c3ccccc3C2=O)cc1. The summed E-state index contributed by atoms with van der Waals surface area (Å²) in [6, 6.07) is 15.0. The van der Waals surface area contributed by atoms with E-state index in [1.54, 1.807) is 36.4 Å². The van der Waals surface area contributed by atoms with E-state index in [9.17, 15) is 9.59 Å². The van der Waals surface area contributed by atoms with Gasteiger partial charge < -0.3 is 4.90 Å². The second kappa shape index (κ2) is 6.05. The first-order chi connectivity index (χ1) is 11.1. The molecular formula is C20H17NO2. The van der Waals surface area contributed by atoms with Gasteiger partial charge in [-0.25, -0.2) is 0 Å². The van der Waals surface area contributed by atoms with Crippen LogP contribution >= 0.6 is 0 Å². The van der Waals surface area contributed by atoms with Crippen LogP contribution in [0.4, 0.5) is 5.69 Å². The highest BCUT2D eigenvalue weighted by molar-refractivity contribution is 6.39. The molecule has 0 heterocycles. The number of fused-ring (bicyclic) bond motifs is 1. The molecule has 0 fully saturated rings. The lowest BCUT2D eigenvalue weighted by atomic mass is 10.1. The Morgan fingerprint density at radius 3 is 1.91 bits per heavy atom. The van der Waals surface area contributed by atoms with Crippen molar-refractivity contribution in [3.05, 3.63) is 82.9 Å². The Labute approximate surface area is 135 Å². The Kier molecular flexibility index (Phi) is 3.94. The van der Waals surface area contributed by atoms with E-state index in [1.165, 1.54) is 0 Å². The number of hydrogen-bond acceptors (Lipinski definition) is 3. The Bertz CT molecular complexity index is 790. The van der Waals surface area contributed by atoms with Gasteiger partial charge in [0, 0.05) is 30.9 Å². The third-order valence-corrected chi connectivity index (χ3v) is 3.87. The van der Waals surface area contributed by atoms with Gasteiger partial charge in [-0.1, -0.05) is 48.6 Å². The highest BCUT2D eigenvalue weighted by atomic mass is 16.2. The predicted octanol–water partition coefficient (Wildman–Crippen LogP) is 3.77. The number of Topliss-reactive ketones (excluding diaryl/α,β-unsaturated/α-hetero) is 2. The van der Waals surface area contributed by atoms with Gasteiger partial charge in [0.1, 0.15) is 0 Å². The molecule has 3 heteroatoms. The van der Waals surface area contributed by atoms with E-state index < -0.39 is 0 Å². The highest BCUT2D eigenvalue weighted by Crippen LogP contribution is 2.26. The van der Waals surface area contributed by atoms with Crippen molar-refractivity contribution in [2.45, 2.75) is 0 Å². The van der Waals surface area contributed by atoms with Crippen LogP contribution in [0.2, 0.25) is 0 Å². The van der Waals surface area contributed by atoms with Crippen molar-refractivity contribution in [1.82, 2.24) is 0 Å². The third kappa shape index (κ3) is 2.86. The fourth-order valence-corrected chi connectivity index (χ4v) is 2.56. The van der Waals surface area contributed by atoms with E-state index >= 15 is 0 Å². The minimum atomic E-state index is -0.196. The van der Waals surface area contributed by atoms with Crippen molar-refractivity contribution in [3.63, 3.8) is 0 Å². The molecule has 2 aromatic rings. The number of allylic oxidation sites excluding steroid dienone is 3. The number of ketones is 2. The van der Waals surface area contributed by atoms with Crippen LogP contribution in [0, 0.1) is 0 Å². The number of carbonyl (C=O) groups excluding carboxylic acids is 2. The summed E-state index contributed by atoms with van der Waals surface area (Å²) in [5.74, 6) is -0.392. The quantitative estimate of drug-likeness (QED) is 0.640. The predicted molar refractivity (Wildman–Crippen MR) is 93.0 cm³/mol. The van der Waals surface area contributed by atoms with E-state index in [2.05, 4.69) is 0 Å². The normalized spacial score (nSPS) is 13.6. The molecule has 0 saturated heterocycles. The van der Waals surface area contributed by atoms with Gasteiger partial charge in [0.25, 0.3) is 0 Å². The van der Waals surface area contributed by atoms with Crippen molar-refractivity contribution in [2.24, 2.45) is 0 Å². The van der Waals surface area contributed by atoms with Crippen LogP contribution in [-0.2, 0) is 0 Å². The lowest BCUT2D eigenvalue weighted by molar-refractivity contribution is 0.0989. The lowest BCUT2D eigenvalue weighted by Crippen LogP contribution is -2.07. The molecule has 1 aliphatic rings. The first-order valence-electron chi connectivity index (χ1n) is 7.42. The monoisotopic (exact) mass is 303 g/mol. The summed E-state index contributed by atoms with van der Waals surface area (Å²) in [7, 11) is 3.98. The molecule has 0 radical (unpaired) electrons. The van der Waals surface area contributed by atoms with Crippen LogP contribution in [0.15, 0.2) is 66.3 Å². The molecule has 0 atom stereocenters. The molecule has 0 saturated carbocycles. The first kappa shape index (κ1) is 15.0. The van der Waals surface area contributed by atoms with E-state index in [1.807, 2.05) is 49.3 Å². The number of carbonyl (C=O) groups is 2. The van der Waals surface area contributed by atoms with Crippen molar-refractivity contribution in [2.75, 3.05) is 19.0 Å². The summed E-state index contributed by atoms with van der Waals surface area (Å²) in [6.07, 6.45) is 5.24. The summed E-state index contributed by atoms with van der Waals surface area (Å²) >= 11 is 0. The molecule has 0 N–H and O–H groups in total. The largest absolute Gasteiger partial charge is 0.378 e. The third-order valence-electron chi connectivity index (χ3n) is 3.87. The number of anilines is 1. The Balaban J connectivity index is 1.81. The van der Waals surface area contributed by atoms with Gasteiger partial charge in [-0.2, -0.15) is 0 Å². The van der Waals surface area contributed by atoms with Gasteiger partial charge in [-0.05, 0) is 23.8 Å². The molecule has 3 nitrogen and oxygen atoms in total. The summed E-state index contributed by atoms with van der Waals surface area (Å²) in [5, 5.41) is 0. The smallest absolute Gasteiger partial charge is 0.197 e. The molecular weight excluding hydrogens is 286 g/mol. The van der Waals surface area contributed by atoms with Crippen LogP contribution in [0.3, 0.4) is 0 Å². The lowest BCUT2D eigenvalue weighted by Gasteiger charge is -2.11. The molecule has 0 unspecified atom stereocenters. The maximum absolute atomic E-state index is 12.2. The minimum Gasteiger partial charge on any atom is -0.378 e. The number of benzene rings is 2. The van der Waals surface area contributed by atoms with Crippen LogP contribution in [0.5, 0.6) is 0 Å². The van der Waals surface area contributed by atoms with Gasteiger partial charge in [-0.15, -0.1) is 0 Å². The second-order valence-corrected chi connectivity index (χ2v) is 5.63. The van der Waals surface area contributed by atoms with E-state index in [-0.39, 0.29) is 17.1 Å². The number of nitrogens with zero attached hydrogens (tertiary/aromatic N) is 1. The minimum absolute atomic E-state index is 0.196. The Hall–Kier alpha value is -2.94.